The molecular weight excluding hydrogens is 228 g/mol. The van der Waals surface area contributed by atoms with Crippen molar-refractivity contribution in [3.63, 3.8) is 0 Å². The fourth-order valence-corrected chi connectivity index (χ4v) is 3.59. The highest BCUT2D eigenvalue weighted by Gasteiger charge is 2.44. The Kier molecular flexibility index (Phi) is 2.45. The predicted molar refractivity (Wildman–Crippen MR) is 65.9 cm³/mol. The lowest BCUT2D eigenvalue weighted by atomic mass is 10.0. The molecule has 3 heterocycles. The lowest BCUT2D eigenvalue weighted by molar-refractivity contribution is 0.223. The van der Waals surface area contributed by atoms with Crippen molar-refractivity contribution in [2.75, 3.05) is 26.2 Å². The molecule has 2 atom stereocenters. The van der Waals surface area contributed by atoms with Crippen LogP contribution in [0, 0.1) is 18.8 Å². The van der Waals surface area contributed by atoms with Gasteiger partial charge in [-0.25, -0.2) is 0 Å². The topological polar surface area (TPSA) is 45.4 Å². The van der Waals surface area contributed by atoms with E-state index in [-0.39, 0.29) is 0 Å². The lowest BCUT2D eigenvalue weighted by Gasteiger charge is -2.19. The van der Waals surface area contributed by atoms with E-state index >= 15 is 0 Å². The number of likely N-dealkylation sites (tertiary alicyclic amines) is 2. The molecule has 1 aromatic rings. The highest BCUT2D eigenvalue weighted by Crippen LogP contribution is 2.38. The lowest BCUT2D eigenvalue weighted by Crippen LogP contribution is -2.30. The molecule has 0 aromatic carbocycles. The van der Waals surface area contributed by atoms with Gasteiger partial charge in [0.2, 0.25) is 5.89 Å². The average molecular weight is 248 g/mol. The maximum absolute atomic E-state index is 5.20. The van der Waals surface area contributed by atoms with Gasteiger partial charge < -0.3 is 4.52 Å². The molecule has 18 heavy (non-hydrogen) atoms. The van der Waals surface area contributed by atoms with Crippen LogP contribution in [0.15, 0.2) is 4.52 Å². The number of aromatic nitrogens is 2. The monoisotopic (exact) mass is 248 g/mol. The summed E-state index contributed by atoms with van der Waals surface area (Å²) in [5, 5.41) is 3.85. The smallest absolute Gasteiger partial charge is 0.240 e. The molecule has 5 nitrogen and oxygen atoms in total. The van der Waals surface area contributed by atoms with Crippen LogP contribution in [-0.2, 0) is 6.54 Å². The normalized spacial score (nSPS) is 33.2. The first kappa shape index (κ1) is 10.9. The van der Waals surface area contributed by atoms with Crippen LogP contribution in [0.3, 0.4) is 0 Å². The van der Waals surface area contributed by atoms with Crippen molar-refractivity contribution >= 4 is 0 Å². The second-order valence-electron chi connectivity index (χ2n) is 6.13. The molecule has 2 unspecified atom stereocenters. The highest BCUT2D eigenvalue weighted by molar-refractivity contribution is 4.98. The molecule has 4 rings (SSSR count). The Morgan fingerprint density at radius 3 is 2.44 bits per heavy atom. The number of rotatable bonds is 3. The van der Waals surface area contributed by atoms with Crippen LogP contribution in [0.1, 0.15) is 24.6 Å². The van der Waals surface area contributed by atoms with Gasteiger partial charge in [-0.3, -0.25) is 9.80 Å². The molecule has 0 radical (unpaired) electrons. The molecule has 0 bridgehead atoms. The van der Waals surface area contributed by atoms with Crippen LogP contribution in [0.4, 0.5) is 0 Å². The maximum atomic E-state index is 5.20. The van der Waals surface area contributed by atoms with Gasteiger partial charge in [0.15, 0.2) is 5.82 Å². The first-order chi connectivity index (χ1) is 8.78. The molecule has 3 aliphatic rings. The van der Waals surface area contributed by atoms with Gasteiger partial charge in [-0.05, 0) is 31.6 Å². The summed E-state index contributed by atoms with van der Waals surface area (Å²) in [5.74, 6) is 3.25. The Labute approximate surface area is 107 Å². The van der Waals surface area contributed by atoms with Crippen LogP contribution < -0.4 is 0 Å². The summed E-state index contributed by atoms with van der Waals surface area (Å²) >= 11 is 0. The maximum Gasteiger partial charge on any atom is 0.240 e. The number of hydrogen-bond acceptors (Lipinski definition) is 5. The highest BCUT2D eigenvalue weighted by atomic mass is 16.5. The molecule has 2 saturated heterocycles. The van der Waals surface area contributed by atoms with Crippen molar-refractivity contribution in [3.8, 4) is 0 Å². The van der Waals surface area contributed by atoms with Crippen molar-refractivity contribution in [2.45, 2.75) is 32.4 Å². The van der Waals surface area contributed by atoms with Gasteiger partial charge in [-0.1, -0.05) is 5.16 Å². The van der Waals surface area contributed by atoms with E-state index in [1.54, 1.807) is 0 Å². The minimum Gasteiger partial charge on any atom is -0.338 e. The largest absolute Gasteiger partial charge is 0.338 e. The minimum absolute atomic E-state index is 0.740. The zero-order chi connectivity index (χ0) is 12.1. The summed E-state index contributed by atoms with van der Waals surface area (Å²) < 4.78 is 5.20. The molecule has 0 amide bonds. The van der Waals surface area contributed by atoms with E-state index in [1.807, 2.05) is 6.92 Å². The first-order valence-corrected chi connectivity index (χ1v) is 7.03. The molecule has 0 spiro atoms. The van der Waals surface area contributed by atoms with Crippen LogP contribution in [0.5, 0.6) is 0 Å². The molecule has 1 aliphatic carbocycles. The zero-order valence-electron chi connectivity index (χ0n) is 10.9. The molecule has 1 saturated carbocycles. The minimum atomic E-state index is 0.740. The molecule has 1 aromatic heterocycles. The zero-order valence-corrected chi connectivity index (χ0v) is 10.9. The van der Waals surface area contributed by atoms with Crippen LogP contribution in [0.2, 0.25) is 0 Å². The number of nitrogens with zero attached hydrogens (tertiary/aromatic N) is 4. The van der Waals surface area contributed by atoms with E-state index in [9.17, 15) is 0 Å². The second-order valence-corrected chi connectivity index (χ2v) is 6.13. The van der Waals surface area contributed by atoms with Gasteiger partial charge in [-0.15, -0.1) is 0 Å². The van der Waals surface area contributed by atoms with E-state index in [0.29, 0.717) is 0 Å². The summed E-state index contributed by atoms with van der Waals surface area (Å²) in [7, 11) is 0. The Hall–Kier alpha value is -0.940. The summed E-state index contributed by atoms with van der Waals surface area (Å²) in [6, 6.07) is 0.933. The quantitative estimate of drug-likeness (QED) is 0.795. The SMILES string of the molecule is Cc1noc(CN2CC3CN(C4CC4)CC3C2)n1. The Morgan fingerprint density at radius 1 is 1.17 bits per heavy atom. The van der Waals surface area contributed by atoms with Crippen molar-refractivity contribution in [1.29, 1.82) is 0 Å². The van der Waals surface area contributed by atoms with E-state index < -0.39 is 0 Å². The van der Waals surface area contributed by atoms with Crippen molar-refractivity contribution in [2.24, 2.45) is 11.8 Å². The number of fused-ring (bicyclic) bond motifs is 1. The van der Waals surface area contributed by atoms with E-state index in [1.165, 1.54) is 39.0 Å². The molecule has 0 N–H and O–H groups in total. The van der Waals surface area contributed by atoms with Gasteiger partial charge in [0.1, 0.15) is 0 Å². The molecule has 3 fully saturated rings. The van der Waals surface area contributed by atoms with Gasteiger partial charge in [0, 0.05) is 32.2 Å². The third-order valence-corrected chi connectivity index (χ3v) is 4.58. The molecular formula is C13H20N4O. The molecule has 5 heteroatoms. The average Bonchev–Trinajstić information content (AvgIpc) is 2.84. The van der Waals surface area contributed by atoms with Gasteiger partial charge in [-0.2, -0.15) is 4.98 Å². The molecule has 2 aliphatic heterocycles. The Balaban J connectivity index is 1.35. The first-order valence-electron chi connectivity index (χ1n) is 7.03. The Bertz CT molecular complexity index is 428. The summed E-state index contributed by atoms with van der Waals surface area (Å²) in [4.78, 5) is 9.48. The third-order valence-electron chi connectivity index (χ3n) is 4.58. The number of hydrogen-bond donors (Lipinski definition) is 0. The van der Waals surface area contributed by atoms with E-state index in [2.05, 4.69) is 19.9 Å². The predicted octanol–water partition coefficient (Wildman–Crippen LogP) is 0.904. The van der Waals surface area contributed by atoms with Crippen LogP contribution in [0.25, 0.3) is 0 Å². The van der Waals surface area contributed by atoms with Gasteiger partial charge in [0.25, 0.3) is 0 Å². The fourth-order valence-electron chi connectivity index (χ4n) is 3.59. The van der Waals surface area contributed by atoms with E-state index in [4.69, 9.17) is 4.52 Å². The van der Waals surface area contributed by atoms with Crippen LogP contribution in [-0.4, -0.2) is 52.2 Å². The molecule has 98 valence electrons. The van der Waals surface area contributed by atoms with Crippen molar-refractivity contribution < 1.29 is 4.52 Å². The summed E-state index contributed by atoms with van der Waals surface area (Å²) in [6.45, 7) is 7.74. The second kappa shape index (κ2) is 4.03. The standard InChI is InChI=1S/C13H20N4O/c1-9-14-13(18-15-9)8-16-4-10-6-17(12-2-3-12)7-11(10)5-16/h10-12H,2-8H2,1H3. The summed E-state index contributed by atoms with van der Waals surface area (Å²) in [5.41, 5.74) is 0. The third kappa shape index (κ3) is 1.95. The van der Waals surface area contributed by atoms with Gasteiger partial charge in [0.05, 0.1) is 6.54 Å². The van der Waals surface area contributed by atoms with Crippen LogP contribution >= 0.6 is 0 Å². The Morgan fingerprint density at radius 2 is 1.89 bits per heavy atom. The summed E-state index contributed by atoms with van der Waals surface area (Å²) in [6.07, 6.45) is 2.87. The number of aryl methyl sites for hydroxylation is 1. The fraction of sp³-hybridized carbons (Fsp3) is 0.846. The van der Waals surface area contributed by atoms with Crippen molar-refractivity contribution in [1.82, 2.24) is 19.9 Å². The van der Waals surface area contributed by atoms with Crippen molar-refractivity contribution in [3.05, 3.63) is 11.7 Å². The van der Waals surface area contributed by atoms with Gasteiger partial charge >= 0.3 is 0 Å². The van der Waals surface area contributed by atoms with E-state index in [0.717, 1.165) is 36.1 Å².